The SMILES string of the molecule is CN=C(NCCc1cnn(C)c1)NCCc1ccccc1OC. The van der Waals surface area contributed by atoms with Gasteiger partial charge in [0.15, 0.2) is 5.96 Å². The van der Waals surface area contributed by atoms with Gasteiger partial charge in [-0.2, -0.15) is 5.10 Å². The quantitative estimate of drug-likeness (QED) is 0.598. The van der Waals surface area contributed by atoms with Crippen LogP contribution in [0.3, 0.4) is 0 Å². The van der Waals surface area contributed by atoms with E-state index in [1.165, 1.54) is 11.1 Å². The van der Waals surface area contributed by atoms with Crippen molar-refractivity contribution in [3.63, 3.8) is 0 Å². The van der Waals surface area contributed by atoms with Crippen molar-refractivity contribution < 1.29 is 4.74 Å². The third-order valence-electron chi connectivity index (χ3n) is 3.57. The van der Waals surface area contributed by atoms with E-state index in [4.69, 9.17) is 4.74 Å². The number of aromatic nitrogens is 2. The molecule has 0 bridgehead atoms. The second-order valence-corrected chi connectivity index (χ2v) is 5.26. The van der Waals surface area contributed by atoms with E-state index in [-0.39, 0.29) is 0 Å². The maximum atomic E-state index is 5.36. The number of hydrogen-bond donors (Lipinski definition) is 2. The number of nitrogens with one attached hydrogen (secondary N) is 2. The maximum absolute atomic E-state index is 5.36. The fourth-order valence-corrected chi connectivity index (χ4v) is 2.37. The highest BCUT2D eigenvalue weighted by atomic mass is 16.5. The van der Waals surface area contributed by atoms with Gasteiger partial charge in [0.25, 0.3) is 0 Å². The molecule has 0 saturated carbocycles. The smallest absolute Gasteiger partial charge is 0.190 e. The Morgan fingerprint density at radius 3 is 2.61 bits per heavy atom. The Labute approximate surface area is 137 Å². The highest BCUT2D eigenvalue weighted by molar-refractivity contribution is 5.79. The molecule has 1 heterocycles. The molecule has 6 nitrogen and oxygen atoms in total. The molecule has 0 aliphatic carbocycles. The molecular weight excluding hydrogens is 290 g/mol. The fraction of sp³-hybridized carbons (Fsp3) is 0.412. The molecule has 23 heavy (non-hydrogen) atoms. The third kappa shape index (κ3) is 5.32. The van der Waals surface area contributed by atoms with Gasteiger partial charge in [0.1, 0.15) is 5.75 Å². The van der Waals surface area contributed by atoms with Crippen LogP contribution in [0.4, 0.5) is 0 Å². The highest BCUT2D eigenvalue weighted by Crippen LogP contribution is 2.17. The molecule has 0 atom stereocenters. The molecule has 0 saturated heterocycles. The number of ether oxygens (including phenoxy) is 1. The van der Waals surface area contributed by atoms with Crippen molar-refractivity contribution in [2.75, 3.05) is 27.2 Å². The van der Waals surface area contributed by atoms with E-state index < -0.39 is 0 Å². The van der Waals surface area contributed by atoms with Gasteiger partial charge in [-0.05, 0) is 30.0 Å². The number of rotatable bonds is 7. The molecule has 1 aromatic heterocycles. The molecule has 1 aromatic carbocycles. The van der Waals surface area contributed by atoms with Crippen molar-refractivity contribution in [3.05, 3.63) is 47.8 Å². The van der Waals surface area contributed by atoms with Gasteiger partial charge < -0.3 is 15.4 Å². The van der Waals surface area contributed by atoms with Crippen molar-refractivity contribution in [2.24, 2.45) is 12.0 Å². The number of nitrogens with zero attached hydrogens (tertiary/aromatic N) is 3. The maximum Gasteiger partial charge on any atom is 0.190 e. The van der Waals surface area contributed by atoms with E-state index in [1.54, 1.807) is 14.2 Å². The lowest BCUT2D eigenvalue weighted by Crippen LogP contribution is -2.39. The van der Waals surface area contributed by atoms with Crippen molar-refractivity contribution in [1.82, 2.24) is 20.4 Å². The van der Waals surface area contributed by atoms with Gasteiger partial charge >= 0.3 is 0 Å². The summed E-state index contributed by atoms with van der Waals surface area (Å²) in [5.41, 5.74) is 2.40. The molecule has 2 N–H and O–H groups in total. The van der Waals surface area contributed by atoms with Crippen LogP contribution in [0.5, 0.6) is 5.75 Å². The van der Waals surface area contributed by atoms with E-state index in [9.17, 15) is 0 Å². The molecule has 0 amide bonds. The second kappa shape index (κ2) is 8.82. The molecule has 0 fully saturated rings. The number of benzene rings is 1. The molecule has 6 heteroatoms. The second-order valence-electron chi connectivity index (χ2n) is 5.26. The van der Waals surface area contributed by atoms with Crippen molar-refractivity contribution >= 4 is 5.96 Å². The van der Waals surface area contributed by atoms with Gasteiger partial charge in [-0.3, -0.25) is 9.67 Å². The first kappa shape index (κ1) is 16.9. The first-order valence-corrected chi connectivity index (χ1v) is 7.77. The van der Waals surface area contributed by atoms with Crippen molar-refractivity contribution in [2.45, 2.75) is 12.8 Å². The van der Waals surface area contributed by atoms with Crippen LogP contribution in [0.2, 0.25) is 0 Å². The molecular formula is C17H25N5O. The van der Waals surface area contributed by atoms with Gasteiger partial charge in [-0.25, -0.2) is 0 Å². The zero-order chi connectivity index (χ0) is 16.5. The number of methoxy groups -OCH3 is 1. The van der Waals surface area contributed by atoms with E-state index in [0.717, 1.165) is 37.6 Å². The minimum absolute atomic E-state index is 0.799. The zero-order valence-electron chi connectivity index (χ0n) is 14.0. The largest absolute Gasteiger partial charge is 0.496 e. The molecule has 0 unspecified atom stereocenters. The summed E-state index contributed by atoms with van der Waals surface area (Å²) >= 11 is 0. The summed E-state index contributed by atoms with van der Waals surface area (Å²) in [7, 11) is 5.41. The van der Waals surface area contributed by atoms with Crippen LogP contribution in [0.15, 0.2) is 41.7 Å². The Morgan fingerprint density at radius 1 is 1.22 bits per heavy atom. The van der Waals surface area contributed by atoms with Gasteiger partial charge in [-0.15, -0.1) is 0 Å². The minimum atomic E-state index is 0.799. The lowest BCUT2D eigenvalue weighted by Gasteiger charge is -2.12. The Balaban J connectivity index is 1.72. The topological polar surface area (TPSA) is 63.5 Å². The van der Waals surface area contributed by atoms with Crippen LogP contribution in [-0.2, 0) is 19.9 Å². The third-order valence-corrected chi connectivity index (χ3v) is 3.57. The molecule has 0 aliphatic rings. The molecule has 2 rings (SSSR count). The predicted molar refractivity (Wildman–Crippen MR) is 93.0 cm³/mol. The molecule has 0 aliphatic heterocycles. The average molecular weight is 315 g/mol. The van der Waals surface area contributed by atoms with Gasteiger partial charge in [-0.1, -0.05) is 18.2 Å². The van der Waals surface area contributed by atoms with Gasteiger partial charge in [0.2, 0.25) is 0 Å². The zero-order valence-corrected chi connectivity index (χ0v) is 14.0. The summed E-state index contributed by atoms with van der Waals surface area (Å²) in [5, 5.41) is 10.8. The average Bonchev–Trinajstić information content (AvgIpc) is 2.99. The summed E-state index contributed by atoms with van der Waals surface area (Å²) in [4.78, 5) is 4.24. The molecule has 0 spiro atoms. The standard InChI is InChI=1S/C17H25N5O/c1-18-17(19-10-8-14-12-21-22(2)13-14)20-11-9-15-6-4-5-7-16(15)23-3/h4-7,12-13H,8-11H2,1-3H3,(H2,18,19,20). The van der Waals surface area contributed by atoms with Gasteiger partial charge in [0, 0.05) is 33.4 Å². The summed E-state index contributed by atoms with van der Waals surface area (Å²) < 4.78 is 7.18. The van der Waals surface area contributed by atoms with E-state index in [1.807, 2.05) is 42.3 Å². The Hall–Kier alpha value is -2.50. The highest BCUT2D eigenvalue weighted by Gasteiger charge is 2.03. The summed E-state index contributed by atoms with van der Waals surface area (Å²) in [6.45, 7) is 1.62. The normalized spacial score (nSPS) is 11.3. The summed E-state index contributed by atoms with van der Waals surface area (Å²) in [6.07, 6.45) is 5.72. The Bertz CT molecular complexity index is 635. The summed E-state index contributed by atoms with van der Waals surface area (Å²) in [5.74, 6) is 1.73. The number of aryl methyl sites for hydroxylation is 1. The fourth-order valence-electron chi connectivity index (χ4n) is 2.37. The lowest BCUT2D eigenvalue weighted by atomic mass is 10.1. The van der Waals surface area contributed by atoms with Crippen molar-refractivity contribution in [3.8, 4) is 5.75 Å². The number of aliphatic imine (C=N–C) groups is 1. The Morgan fingerprint density at radius 2 is 1.96 bits per heavy atom. The van der Waals surface area contributed by atoms with E-state index >= 15 is 0 Å². The van der Waals surface area contributed by atoms with E-state index in [0.29, 0.717) is 0 Å². The van der Waals surface area contributed by atoms with Crippen LogP contribution in [0.1, 0.15) is 11.1 Å². The van der Waals surface area contributed by atoms with Crippen LogP contribution in [0, 0.1) is 0 Å². The monoisotopic (exact) mass is 315 g/mol. The van der Waals surface area contributed by atoms with Crippen LogP contribution >= 0.6 is 0 Å². The predicted octanol–water partition coefficient (Wildman–Crippen LogP) is 1.38. The first-order valence-electron chi connectivity index (χ1n) is 7.77. The molecule has 124 valence electrons. The van der Waals surface area contributed by atoms with Crippen LogP contribution < -0.4 is 15.4 Å². The van der Waals surface area contributed by atoms with E-state index in [2.05, 4.69) is 26.8 Å². The van der Waals surface area contributed by atoms with Crippen molar-refractivity contribution in [1.29, 1.82) is 0 Å². The molecule has 0 radical (unpaired) electrons. The number of guanidine groups is 1. The van der Waals surface area contributed by atoms with Crippen LogP contribution in [-0.4, -0.2) is 43.0 Å². The minimum Gasteiger partial charge on any atom is -0.496 e. The van der Waals surface area contributed by atoms with Gasteiger partial charge in [0.05, 0.1) is 13.3 Å². The number of hydrogen-bond acceptors (Lipinski definition) is 3. The number of para-hydroxylation sites is 1. The summed E-state index contributed by atoms with van der Waals surface area (Å²) in [6, 6.07) is 8.07. The first-order chi connectivity index (χ1) is 11.2. The lowest BCUT2D eigenvalue weighted by molar-refractivity contribution is 0.409. The Kier molecular flexibility index (Phi) is 6.47. The molecule has 2 aromatic rings. The van der Waals surface area contributed by atoms with Crippen LogP contribution in [0.25, 0.3) is 0 Å².